The third-order valence-electron chi connectivity index (χ3n) is 3.50. The lowest BCUT2D eigenvalue weighted by Gasteiger charge is -2.29. The predicted octanol–water partition coefficient (Wildman–Crippen LogP) is 4.63. The first-order valence-corrected chi connectivity index (χ1v) is 8.57. The maximum Gasteiger partial charge on any atom is 0.234 e. The van der Waals surface area contributed by atoms with Crippen LogP contribution in [-0.4, -0.2) is 25.0 Å². The van der Waals surface area contributed by atoms with Crippen LogP contribution in [0.5, 0.6) is 0 Å². The van der Waals surface area contributed by atoms with Crippen LogP contribution in [0.4, 0.5) is 10.1 Å². The van der Waals surface area contributed by atoms with E-state index < -0.39 is 0 Å². The van der Waals surface area contributed by atoms with Crippen LogP contribution >= 0.6 is 22.9 Å². The molecule has 0 aliphatic heterocycles. The minimum absolute atomic E-state index is 0.0560. The van der Waals surface area contributed by atoms with Gasteiger partial charge in [0.05, 0.1) is 12.1 Å². The molecule has 0 saturated carbocycles. The fourth-order valence-electron chi connectivity index (χ4n) is 2.41. The summed E-state index contributed by atoms with van der Waals surface area (Å²) in [5, 5.41) is 5.22. The van der Waals surface area contributed by atoms with E-state index in [1.54, 1.807) is 6.20 Å². The third kappa shape index (κ3) is 4.45. The zero-order chi connectivity index (χ0) is 17.2. The number of thiazole rings is 1. The first kappa shape index (κ1) is 17.8. The Morgan fingerprint density at radius 1 is 1.26 bits per heavy atom. The minimum Gasteiger partial charge on any atom is -0.368 e. The third-order valence-corrected chi connectivity index (χ3v) is 4.83. The van der Waals surface area contributed by atoms with Crippen molar-refractivity contribution in [1.29, 1.82) is 0 Å². The Morgan fingerprint density at radius 3 is 2.35 bits per heavy atom. The average Bonchev–Trinajstić information content (AvgIpc) is 2.88. The second-order valence-electron chi connectivity index (χ2n) is 6.74. The topological polar surface area (TPSA) is 45.2 Å². The average molecular weight is 352 g/mol. The number of aromatic nitrogens is 1. The molecule has 0 spiro atoms. The molecule has 2 aromatic rings. The molecule has 0 bridgehead atoms. The highest BCUT2D eigenvalue weighted by Gasteiger charge is 2.33. The molecule has 2 rings (SSSR count). The van der Waals surface area contributed by atoms with Gasteiger partial charge >= 0.3 is 0 Å². The standard InChI is InChI=1S/C17H22ClN3OS/c1-17(2,3)14(11-6-8-12(18)9-7-11)15(22)20-16-19-10-13(23-16)21(4)5/h6-10,14H,1-5H3,(H,19,20,22)/t14-/m0/s1. The van der Waals surface area contributed by atoms with Crippen molar-refractivity contribution in [2.75, 3.05) is 24.3 Å². The Hall–Kier alpha value is -1.59. The number of halogens is 1. The summed E-state index contributed by atoms with van der Waals surface area (Å²) in [5.41, 5.74) is 0.725. The molecular weight excluding hydrogens is 330 g/mol. The molecule has 0 aliphatic carbocycles. The molecule has 0 unspecified atom stereocenters. The van der Waals surface area contributed by atoms with Gasteiger partial charge in [0.15, 0.2) is 5.13 Å². The Morgan fingerprint density at radius 2 is 1.87 bits per heavy atom. The van der Waals surface area contributed by atoms with Gasteiger partial charge in [-0.1, -0.05) is 55.8 Å². The summed E-state index contributed by atoms with van der Waals surface area (Å²) < 4.78 is 0. The summed E-state index contributed by atoms with van der Waals surface area (Å²) in [6, 6.07) is 7.45. The van der Waals surface area contributed by atoms with E-state index in [-0.39, 0.29) is 17.2 Å². The number of hydrogen-bond acceptors (Lipinski definition) is 4. The van der Waals surface area contributed by atoms with Crippen LogP contribution in [0.15, 0.2) is 30.5 Å². The molecule has 1 N–H and O–H groups in total. The van der Waals surface area contributed by atoms with E-state index in [1.165, 1.54) is 11.3 Å². The second-order valence-corrected chi connectivity index (χ2v) is 8.18. The van der Waals surface area contributed by atoms with E-state index >= 15 is 0 Å². The molecule has 1 amide bonds. The van der Waals surface area contributed by atoms with E-state index in [9.17, 15) is 4.79 Å². The maximum atomic E-state index is 12.8. The molecule has 1 heterocycles. The van der Waals surface area contributed by atoms with Gasteiger partial charge in [0.25, 0.3) is 0 Å². The second kappa shape index (κ2) is 6.89. The Kier molecular flexibility index (Phi) is 5.32. The first-order valence-electron chi connectivity index (χ1n) is 7.38. The number of amides is 1. The monoisotopic (exact) mass is 351 g/mol. The lowest BCUT2D eigenvalue weighted by atomic mass is 9.76. The van der Waals surface area contributed by atoms with Crippen LogP contribution in [-0.2, 0) is 4.79 Å². The van der Waals surface area contributed by atoms with E-state index in [0.29, 0.717) is 10.2 Å². The van der Waals surface area contributed by atoms with Gasteiger partial charge < -0.3 is 10.2 Å². The highest BCUT2D eigenvalue weighted by Crippen LogP contribution is 2.37. The highest BCUT2D eigenvalue weighted by atomic mass is 35.5. The van der Waals surface area contributed by atoms with Gasteiger partial charge in [-0.2, -0.15) is 0 Å². The fraction of sp³-hybridized carbons (Fsp3) is 0.412. The quantitative estimate of drug-likeness (QED) is 0.873. The van der Waals surface area contributed by atoms with Crippen molar-refractivity contribution in [2.24, 2.45) is 5.41 Å². The smallest absolute Gasteiger partial charge is 0.234 e. The molecule has 124 valence electrons. The summed E-state index contributed by atoms with van der Waals surface area (Å²) in [5.74, 6) is -0.342. The van der Waals surface area contributed by atoms with Gasteiger partial charge in [0, 0.05) is 19.1 Å². The van der Waals surface area contributed by atoms with Crippen molar-refractivity contribution in [3.63, 3.8) is 0 Å². The molecule has 23 heavy (non-hydrogen) atoms. The number of nitrogens with one attached hydrogen (secondary N) is 1. The Bertz CT molecular complexity index is 674. The van der Waals surface area contributed by atoms with Crippen LogP contribution < -0.4 is 10.2 Å². The summed E-state index contributed by atoms with van der Waals surface area (Å²) in [6.07, 6.45) is 1.76. The molecule has 1 aromatic heterocycles. The van der Waals surface area contributed by atoms with Crippen molar-refractivity contribution in [2.45, 2.75) is 26.7 Å². The van der Waals surface area contributed by atoms with Crippen molar-refractivity contribution in [1.82, 2.24) is 4.98 Å². The molecule has 4 nitrogen and oxygen atoms in total. The lowest BCUT2D eigenvalue weighted by Crippen LogP contribution is -2.31. The maximum absolute atomic E-state index is 12.8. The van der Waals surface area contributed by atoms with Crippen LogP contribution in [0.3, 0.4) is 0 Å². The summed E-state index contributed by atoms with van der Waals surface area (Å²) in [7, 11) is 3.90. The minimum atomic E-state index is -0.286. The Balaban J connectivity index is 2.25. The molecule has 1 aromatic carbocycles. The number of carbonyl (C=O) groups excluding carboxylic acids is 1. The lowest BCUT2D eigenvalue weighted by molar-refractivity contribution is -0.119. The Labute approximate surface area is 146 Å². The highest BCUT2D eigenvalue weighted by molar-refractivity contribution is 7.19. The molecule has 1 atom stereocenters. The van der Waals surface area contributed by atoms with E-state index in [0.717, 1.165) is 10.6 Å². The van der Waals surface area contributed by atoms with Crippen LogP contribution in [0.25, 0.3) is 0 Å². The van der Waals surface area contributed by atoms with Gasteiger partial charge in [-0.3, -0.25) is 4.79 Å². The number of nitrogens with zero attached hydrogens (tertiary/aromatic N) is 2. The molecule has 0 saturated heterocycles. The van der Waals surface area contributed by atoms with E-state index in [2.05, 4.69) is 31.1 Å². The number of rotatable bonds is 4. The molecule has 0 aliphatic rings. The van der Waals surface area contributed by atoms with Crippen molar-refractivity contribution in [3.8, 4) is 0 Å². The largest absolute Gasteiger partial charge is 0.368 e. The zero-order valence-corrected chi connectivity index (χ0v) is 15.6. The van der Waals surface area contributed by atoms with Gasteiger partial charge in [-0.15, -0.1) is 0 Å². The number of carbonyl (C=O) groups is 1. The zero-order valence-electron chi connectivity index (χ0n) is 14.1. The summed E-state index contributed by atoms with van der Waals surface area (Å²) >= 11 is 7.42. The number of hydrogen-bond donors (Lipinski definition) is 1. The number of benzene rings is 1. The molecule has 0 radical (unpaired) electrons. The van der Waals surface area contributed by atoms with Gasteiger partial charge in [-0.25, -0.2) is 4.98 Å². The molecule has 0 fully saturated rings. The van der Waals surface area contributed by atoms with Crippen LogP contribution in [0.2, 0.25) is 5.02 Å². The number of anilines is 2. The summed E-state index contributed by atoms with van der Waals surface area (Å²) in [6.45, 7) is 6.16. The predicted molar refractivity (Wildman–Crippen MR) is 98.7 cm³/mol. The van der Waals surface area contributed by atoms with Crippen molar-refractivity contribution >= 4 is 39.0 Å². The van der Waals surface area contributed by atoms with Gasteiger partial charge in [0.2, 0.25) is 5.91 Å². The fourth-order valence-corrected chi connectivity index (χ4v) is 3.28. The summed E-state index contributed by atoms with van der Waals surface area (Å²) in [4.78, 5) is 19.1. The first-order chi connectivity index (χ1) is 10.7. The molecular formula is C17H22ClN3OS. The van der Waals surface area contributed by atoms with Crippen LogP contribution in [0, 0.1) is 5.41 Å². The SMILES string of the molecule is CN(C)c1cnc(NC(=O)[C@H](c2ccc(Cl)cc2)C(C)(C)C)s1. The van der Waals surface area contributed by atoms with Gasteiger partial charge in [0.1, 0.15) is 5.00 Å². The van der Waals surface area contributed by atoms with Gasteiger partial charge in [-0.05, 0) is 23.1 Å². The van der Waals surface area contributed by atoms with E-state index in [4.69, 9.17) is 11.6 Å². The van der Waals surface area contributed by atoms with Crippen LogP contribution in [0.1, 0.15) is 32.3 Å². The van der Waals surface area contributed by atoms with E-state index in [1.807, 2.05) is 43.3 Å². The normalized spacial score (nSPS) is 12.8. The van der Waals surface area contributed by atoms with Crippen molar-refractivity contribution < 1.29 is 4.79 Å². The van der Waals surface area contributed by atoms with Crippen molar-refractivity contribution in [3.05, 3.63) is 41.0 Å². The molecule has 6 heteroatoms.